The van der Waals surface area contributed by atoms with Gasteiger partial charge >= 0.3 is 0 Å². The number of ether oxygens (including phenoxy) is 2. The lowest BCUT2D eigenvalue weighted by atomic mass is 10.2. The van der Waals surface area contributed by atoms with Crippen LogP contribution in [0.4, 0.5) is 0 Å². The second-order valence-electron chi connectivity index (χ2n) is 4.86. The molecule has 1 aliphatic rings. The molecule has 5 nitrogen and oxygen atoms in total. The van der Waals surface area contributed by atoms with E-state index in [-0.39, 0.29) is 24.0 Å². The molecule has 1 fully saturated rings. The molecule has 0 saturated carbocycles. The van der Waals surface area contributed by atoms with Crippen molar-refractivity contribution in [3.05, 3.63) is 0 Å². The predicted octanol–water partition coefficient (Wildman–Crippen LogP) is 1.76. The van der Waals surface area contributed by atoms with Crippen LogP contribution < -0.4 is 10.6 Å². The molecule has 0 spiro atoms. The Morgan fingerprint density at radius 1 is 1.47 bits per heavy atom. The first-order valence-electron chi connectivity index (χ1n) is 6.89. The van der Waals surface area contributed by atoms with Crippen molar-refractivity contribution >= 4 is 29.9 Å². The number of nitrogens with one attached hydrogen (secondary N) is 2. The standard InChI is InChI=1S/C13H27N3O2.HI/c1-11(2)16-13(14-3)15-7-5-8-17-10-12-6-4-9-18-12;/h11-12H,4-10H2,1-3H3,(H2,14,15,16);1H. The molecule has 0 amide bonds. The number of aliphatic imine (C=N–C) groups is 1. The Hall–Kier alpha value is -0.0800. The monoisotopic (exact) mass is 385 g/mol. The highest BCUT2D eigenvalue weighted by molar-refractivity contribution is 14.0. The highest BCUT2D eigenvalue weighted by atomic mass is 127. The maximum absolute atomic E-state index is 5.59. The zero-order valence-corrected chi connectivity index (χ0v) is 14.6. The van der Waals surface area contributed by atoms with Crippen molar-refractivity contribution in [2.24, 2.45) is 4.99 Å². The van der Waals surface area contributed by atoms with Gasteiger partial charge < -0.3 is 20.1 Å². The summed E-state index contributed by atoms with van der Waals surface area (Å²) in [7, 11) is 1.78. The Morgan fingerprint density at radius 2 is 2.26 bits per heavy atom. The van der Waals surface area contributed by atoms with Crippen LogP contribution in [0.2, 0.25) is 0 Å². The van der Waals surface area contributed by atoms with Gasteiger partial charge in [0, 0.05) is 32.8 Å². The molecule has 1 heterocycles. The van der Waals surface area contributed by atoms with Crippen LogP contribution in [0.5, 0.6) is 0 Å². The summed E-state index contributed by atoms with van der Waals surface area (Å²) >= 11 is 0. The normalized spacial score (nSPS) is 19.4. The van der Waals surface area contributed by atoms with Crippen LogP contribution >= 0.6 is 24.0 Å². The number of rotatable bonds is 7. The number of guanidine groups is 1. The van der Waals surface area contributed by atoms with E-state index in [0.717, 1.165) is 45.2 Å². The maximum atomic E-state index is 5.59. The third-order valence-electron chi connectivity index (χ3n) is 2.73. The zero-order valence-electron chi connectivity index (χ0n) is 12.3. The first-order valence-corrected chi connectivity index (χ1v) is 6.89. The van der Waals surface area contributed by atoms with Crippen LogP contribution in [0.15, 0.2) is 4.99 Å². The lowest BCUT2D eigenvalue weighted by Gasteiger charge is -2.14. The van der Waals surface area contributed by atoms with E-state index in [1.807, 2.05) is 0 Å². The molecule has 1 rings (SSSR count). The van der Waals surface area contributed by atoms with Crippen molar-refractivity contribution < 1.29 is 9.47 Å². The minimum Gasteiger partial charge on any atom is -0.379 e. The van der Waals surface area contributed by atoms with E-state index in [0.29, 0.717) is 12.1 Å². The molecule has 19 heavy (non-hydrogen) atoms. The van der Waals surface area contributed by atoms with Crippen molar-refractivity contribution in [1.29, 1.82) is 0 Å². The number of nitrogens with zero attached hydrogens (tertiary/aromatic N) is 1. The van der Waals surface area contributed by atoms with Crippen LogP contribution in [0, 0.1) is 0 Å². The van der Waals surface area contributed by atoms with E-state index in [1.165, 1.54) is 6.42 Å². The number of hydrogen-bond donors (Lipinski definition) is 2. The summed E-state index contributed by atoms with van der Waals surface area (Å²) in [5.41, 5.74) is 0. The molecule has 114 valence electrons. The second kappa shape index (κ2) is 11.7. The van der Waals surface area contributed by atoms with Crippen molar-refractivity contribution in [1.82, 2.24) is 10.6 Å². The van der Waals surface area contributed by atoms with Gasteiger partial charge in [0.15, 0.2) is 5.96 Å². The fourth-order valence-corrected chi connectivity index (χ4v) is 1.84. The van der Waals surface area contributed by atoms with Gasteiger partial charge in [-0.1, -0.05) is 0 Å². The molecule has 1 atom stereocenters. The van der Waals surface area contributed by atoms with Gasteiger partial charge in [0.05, 0.1) is 12.7 Å². The first kappa shape index (κ1) is 18.9. The van der Waals surface area contributed by atoms with Crippen LogP contribution in [0.25, 0.3) is 0 Å². The fourth-order valence-electron chi connectivity index (χ4n) is 1.84. The molecule has 0 aliphatic carbocycles. The fraction of sp³-hybridized carbons (Fsp3) is 0.923. The summed E-state index contributed by atoms with van der Waals surface area (Å²) in [6, 6.07) is 0.395. The average Bonchev–Trinajstić information content (AvgIpc) is 2.84. The largest absolute Gasteiger partial charge is 0.379 e. The van der Waals surface area contributed by atoms with Gasteiger partial charge in [-0.05, 0) is 33.1 Å². The maximum Gasteiger partial charge on any atom is 0.191 e. The Kier molecular flexibility index (Phi) is 11.7. The molecule has 0 aromatic rings. The third-order valence-corrected chi connectivity index (χ3v) is 2.73. The number of halogens is 1. The number of hydrogen-bond acceptors (Lipinski definition) is 3. The van der Waals surface area contributed by atoms with E-state index >= 15 is 0 Å². The summed E-state index contributed by atoms with van der Waals surface area (Å²) in [6.07, 6.45) is 3.62. The van der Waals surface area contributed by atoms with Crippen molar-refractivity contribution in [3.63, 3.8) is 0 Å². The quantitative estimate of drug-likeness (QED) is 0.304. The minimum atomic E-state index is 0. The SMILES string of the molecule is CN=C(NCCCOCC1CCCO1)NC(C)C.I. The van der Waals surface area contributed by atoms with Crippen LogP contribution in [-0.4, -0.2) is 51.5 Å². The summed E-state index contributed by atoms with van der Waals surface area (Å²) in [4.78, 5) is 4.14. The van der Waals surface area contributed by atoms with Gasteiger partial charge in [-0.25, -0.2) is 0 Å². The summed E-state index contributed by atoms with van der Waals surface area (Å²) in [6.45, 7) is 7.46. The lowest BCUT2D eigenvalue weighted by Crippen LogP contribution is -2.41. The first-order chi connectivity index (χ1) is 8.72. The van der Waals surface area contributed by atoms with Gasteiger partial charge in [-0.15, -0.1) is 24.0 Å². The van der Waals surface area contributed by atoms with Crippen LogP contribution in [-0.2, 0) is 9.47 Å². The van der Waals surface area contributed by atoms with E-state index in [1.54, 1.807) is 7.05 Å². The topological polar surface area (TPSA) is 54.9 Å². The zero-order chi connectivity index (χ0) is 13.2. The van der Waals surface area contributed by atoms with E-state index in [9.17, 15) is 0 Å². The Bertz CT molecular complexity index is 244. The van der Waals surface area contributed by atoms with E-state index in [2.05, 4.69) is 29.5 Å². The molecular formula is C13H28IN3O2. The molecule has 0 aromatic heterocycles. The molecule has 1 unspecified atom stereocenters. The minimum absolute atomic E-state index is 0. The summed E-state index contributed by atoms with van der Waals surface area (Å²) in [5.74, 6) is 0.851. The molecule has 1 saturated heterocycles. The third kappa shape index (κ3) is 9.45. The van der Waals surface area contributed by atoms with Crippen LogP contribution in [0.1, 0.15) is 33.1 Å². The molecule has 0 radical (unpaired) electrons. The van der Waals surface area contributed by atoms with Gasteiger partial charge in [0.2, 0.25) is 0 Å². The smallest absolute Gasteiger partial charge is 0.191 e. The molecule has 0 aromatic carbocycles. The average molecular weight is 385 g/mol. The van der Waals surface area contributed by atoms with E-state index < -0.39 is 0 Å². The molecule has 6 heteroatoms. The Morgan fingerprint density at radius 3 is 2.84 bits per heavy atom. The van der Waals surface area contributed by atoms with E-state index in [4.69, 9.17) is 9.47 Å². The van der Waals surface area contributed by atoms with Crippen molar-refractivity contribution in [2.45, 2.75) is 45.3 Å². The molecule has 1 aliphatic heterocycles. The summed E-state index contributed by atoms with van der Waals surface area (Å²) in [5, 5.41) is 6.50. The van der Waals surface area contributed by atoms with Gasteiger partial charge in [-0.2, -0.15) is 0 Å². The molecule has 0 bridgehead atoms. The van der Waals surface area contributed by atoms with Gasteiger partial charge in [-0.3, -0.25) is 4.99 Å². The Labute approximate surface area is 133 Å². The Balaban J connectivity index is 0.00000324. The van der Waals surface area contributed by atoms with Crippen molar-refractivity contribution in [2.75, 3.05) is 33.4 Å². The lowest BCUT2D eigenvalue weighted by molar-refractivity contribution is 0.0168. The second-order valence-corrected chi connectivity index (χ2v) is 4.86. The van der Waals surface area contributed by atoms with Gasteiger partial charge in [0.1, 0.15) is 0 Å². The van der Waals surface area contributed by atoms with Crippen LogP contribution in [0.3, 0.4) is 0 Å². The summed E-state index contributed by atoms with van der Waals surface area (Å²) < 4.78 is 11.1. The van der Waals surface area contributed by atoms with Gasteiger partial charge in [0.25, 0.3) is 0 Å². The highest BCUT2D eigenvalue weighted by Crippen LogP contribution is 2.11. The molecule has 2 N–H and O–H groups in total. The molecular weight excluding hydrogens is 357 g/mol. The predicted molar refractivity (Wildman–Crippen MR) is 89.5 cm³/mol. The highest BCUT2D eigenvalue weighted by Gasteiger charge is 2.14. The van der Waals surface area contributed by atoms with Crippen molar-refractivity contribution in [3.8, 4) is 0 Å².